The van der Waals surface area contributed by atoms with Gasteiger partial charge in [0.05, 0.1) is 6.04 Å². The van der Waals surface area contributed by atoms with Crippen molar-refractivity contribution < 1.29 is 4.79 Å². The van der Waals surface area contributed by atoms with Crippen LogP contribution in [0.4, 0.5) is 4.79 Å². The van der Waals surface area contributed by atoms with E-state index in [9.17, 15) is 4.79 Å². The first kappa shape index (κ1) is 12.3. The number of carbonyl (C=O) groups is 1. The van der Waals surface area contributed by atoms with E-state index in [2.05, 4.69) is 18.7 Å². The summed E-state index contributed by atoms with van der Waals surface area (Å²) in [7, 11) is 0. The minimum absolute atomic E-state index is 0.264. The highest BCUT2D eigenvalue weighted by Gasteiger charge is 2.38. The maximum atomic E-state index is 11.8. The largest absolute Gasteiger partial charge is 0.320 e. The fraction of sp³-hybridized carbons (Fsp3) is 0.917. The van der Waals surface area contributed by atoms with E-state index in [1.54, 1.807) is 0 Å². The van der Waals surface area contributed by atoms with Crippen LogP contribution in [-0.4, -0.2) is 41.0 Å². The number of hydrogen-bond acceptors (Lipinski definition) is 1. The third kappa shape index (κ3) is 2.44. The lowest BCUT2D eigenvalue weighted by molar-refractivity contribution is 0.171. The number of urea groups is 1. The third-order valence-electron chi connectivity index (χ3n) is 3.15. The van der Waals surface area contributed by atoms with Gasteiger partial charge in [-0.15, -0.1) is 0 Å². The van der Waals surface area contributed by atoms with E-state index < -0.39 is 0 Å². The molecule has 88 valence electrons. The van der Waals surface area contributed by atoms with Crippen molar-refractivity contribution in [3.05, 3.63) is 0 Å². The molecule has 0 bridgehead atoms. The normalized spacial score (nSPS) is 25.1. The number of piperidine rings is 1. The number of amides is 2. The summed E-state index contributed by atoms with van der Waals surface area (Å²) in [6.45, 7) is 10.1. The summed E-state index contributed by atoms with van der Waals surface area (Å²) in [5.74, 6) is 0. The first-order valence-corrected chi connectivity index (χ1v) is 6.27. The first-order chi connectivity index (χ1) is 7.20. The van der Waals surface area contributed by atoms with Gasteiger partial charge in [0.25, 0.3) is 0 Å². The zero-order valence-electron chi connectivity index (χ0n) is 10.5. The molecule has 0 radical (unpaired) electrons. The molecule has 1 atom stereocenters. The topological polar surface area (TPSA) is 23.6 Å². The van der Waals surface area contributed by atoms with Gasteiger partial charge < -0.3 is 9.80 Å². The number of hydrogen-bond donors (Lipinski definition) is 0. The molecule has 0 spiro atoms. The molecular weight excluding hydrogens is 188 g/mol. The molecule has 2 rings (SSSR count). The van der Waals surface area contributed by atoms with Crippen LogP contribution in [0.2, 0.25) is 0 Å². The van der Waals surface area contributed by atoms with Gasteiger partial charge >= 0.3 is 6.03 Å². The van der Waals surface area contributed by atoms with E-state index >= 15 is 0 Å². The van der Waals surface area contributed by atoms with E-state index in [0.717, 1.165) is 13.1 Å². The number of carbonyl (C=O) groups excluding carboxylic acids is 1. The highest BCUT2D eigenvalue weighted by Crippen LogP contribution is 2.26. The fourth-order valence-electron chi connectivity index (χ4n) is 2.34. The van der Waals surface area contributed by atoms with Gasteiger partial charge in [-0.1, -0.05) is 13.8 Å². The Kier molecular flexibility index (Phi) is 4.43. The Labute approximate surface area is 93.4 Å². The van der Waals surface area contributed by atoms with Gasteiger partial charge in [0.2, 0.25) is 0 Å². The minimum atomic E-state index is 0.264. The molecule has 2 amide bonds. The molecule has 0 saturated carbocycles. The average molecular weight is 212 g/mol. The Morgan fingerprint density at radius 1 is 1.27 bits per heavy atom. The van der Waals surface area contributed by atoms with Gasteiger partial charge in [-0.25, -0.2) is 4.79 Å². The molecule has 2 saturated heterocycles. The number of nitrogens with zero attached hydrogens (tertiary/aromatic N) is 2. The smallest absolute Gasteiger partial charge is 0.320 e. The van der Waals surface area contributed by atoms with E-state index in [1.165, 1.54) is 19.3 Å². The molecule has 0 aromatic heterocycles. The van der Waals surface area contributed by atoms with Gasteiger partial charge in [-0.05, 0) is 33.1 Å². The predicted octanol–water partition coefficient (Wildman–Crippen LogP) is 2.71. The second kappa shape index (κ2) is 5.38. The first-order valence-electron chi connectivity index (χ1n) is 6.27. The van der Waals surface area contributed by atoms with Crippen molar-refractivity contribution in [1.82, 2.24) is 9.80 Å². The van der Waals surface area contributed by atoms with Crippen LogP contribution in [-0.2, 0) is 0 Å². The van der Waals surface area contributed by atoms with E-state index in [-0.39, 0.29) is 6.03 Å². The number of fused-ring (bicyclic) bond motifs is 1. The summed E-state index contributed by atoms with van der Waals surface area (Å²) in [6, 6.07) is 1.14. The lowest BCUT2D eigenvalue weighted by Crippen LogP contribution is -2.39. The summed E-state index contributed by atoms with van der Waals surface area (Å²) < 4.78 is 0. The van der Waals surface area contributed by atoms with E-state index in [4.69, 9.17) is 0 Å². The van der Waals surface area contributed by atoms with Gasteiger partial charge in [-0.2, -0.15) is 0 Å². The molecule has 0 N–H and O–H groups in total. The van der Waals surface area contributed by atoms with Crippen LogP contribution in [0.5, 0.6) is 0 Å². The van der Waals surface area contributed by atoms with Crippen molar-refractivity contribution in [2.24, 2.45) is 0 Å². The van der Waals surface area contributed by atoms with Crippen LogP contribution in [0, 0.1) is 0 Å². The summed E-state index contributed by atoms with van der Waals surface area (Å²) in [5, 5.41) is 0. The Morgan fingerprint density at radius 3 is 2.47 bits per heavy atom. The van der Waals surface area contributed by atoms with E-state index in [1.807, 2.05) is 18.7 Å². The van der Waals surface area contributed by atoms with Crippen molar-refractivity contribution in [3.8, 4) is 0 Å². The summed E-state index contributed by atoms with van der Waals surface area (Å²) in [6.07, 6.45) is 3.68. The molecule has 0 aromatic rings. The molecule has 0 aliphatic carbocycles. The summed E-state index contributed by atoms with van der Waals surface area (Å²) in [5.41, 5.74) is 0. The SMILES string of the molecule is CC.CC(C)N1CC2CCCCN2C1=O. The third-order valence-corrected chi connectivity index (χ3v) is 3.15. The number of rotatable bonds is 1. The molecule has 3 nitrogen and oxygen atoms in total. The van der Waals surface area contributed by atoms with Crippen molar-refractivity contribution in [1.29, 1.82) is 0 Å². The van der Waals surface area contributed by atoms with Crippen LogP contribution < -0.4 is 0 Å². The van der Waals surface area contributed by atoms with Gasteiger partial charge in [0, 0.05) is 19.1 Å². The van der Waals surface area contributed by atoms with Crippen molar-refractivity contribution in [3.63, 3.8) is 0 Å². The van der Waals surface area contributed by atoms with Crippen molar-refractivity contribution in [2.75, 3.05) is 13.1 Å². The van der Waals surface area contributed by atoms with Gasteiger partial charge in [0.15, 0.2) is 0 Å². The Hall–Kier alpha value is -0.730. The average Bonchev–Trinajstić information content (AvgIpc) is 2.60. The van der Waals surface area contributed by atoms with Crippen LogP contribution in [0.3, 0.4) is 0 Å². The van der Waals surface area contributed by atoms with Gasteiger partial charge in [0.1, 0.15) is 0 Å². The summed E-state index contributed by atoms with van der Waals surface area (Å²) >= 11 is 0. The quantitative estimate of drug-likeness (QED) is 0.655. The molecule has 2 aliphatic heterocycles. The minimum Gasteiger partial charge on any atom is -0.320 e. The van der Waals surface area contributed by atoms with E-state index in [0.29, 0.717) is 12.1 Å². The van der Waals surface area contributed by atoms with Gasteiger partial charge in [-0.3, -0.25) is 0 Å². The Bertz CT molecular complexity index is 212. The summed E-state index contributed by atoms with van der Waals surface area (Å²) in [4.78, 5) is 15.9. The molecular formula is C12H24N2O. The van der Waals surface area contributed by atoms with Crippen LogP contribution in [0.15, 0.2) is 0 Å². The second-order valence-electron chi connectivity index (χ2n) is 4.37. The molecule has 2 fully saturated rings. The predicted molar refractivity (Wildman–Crippen MR) is 62.9 cm³/mol. The van der Waals surface area contributed by atoms with Crippen LogP contribution >= 0.6 is 0 Å². The standard InChI is InChI=1S/C10H18N2O.C2H6/c1-8(2)12-7-9-5-3-4-6-11(9)10(12)13;1-2/h8-9H,3-7H2,1-2H3;1-2H3. The second-order valence-corrected chi connectivity index (χ2v) is 4.37. The molecule has 15 heavy (non-hydrogen) atoms. The molecule has 2 aliphatic rings. The lowest BCUT2D eigenvalue weighted by atomic mass is 10.0. The highest BCUT2D eigenvalue weighted by molar-refractivity contribution is 5.77. The van der Waals surface area contributed by atoms with Crippen molar-refractivity contribution in [2.45, 2.75) is 59.0 Å². The van der Waals surface area contributed by atoms with Crippen LogP contribution in [0.25, 0.3) is 0 Å². The molecule has 3 heteroatoms. The zero-order valence-corrected chi connectivity index (χ0v) is 10.5. The Morgan fingerprint density at radius 2 is 1.93 bits per heavy atom. The maximum absolute atomic E-state index is 11.8. The molecule has 2 heterocycles. The molecule has 0 aromatic carbocycles. The lowest BCUT2D eigenvalue weighted by Gasteiger charge is -2.27. The maximum Gasteiger partial charge on any atom is 0.320 e. The Balaban J connectivity index is 0.000000531. The highest BCUT2D eigenvalue weighted by atomic mass is 16.2. The van der Waals surface area contributed by atoms with Crippen molar-refractivity contribution >= 4 is 6.03 Å². The fourth-order valence-corrected chi connectivity index (χ4v) is 2.34. The molecule has 1 unspecified atom stereocenters. The monoisotopic (exact) mass is 212 g/mol. The van der Waals surface area contributed by atoms with Crippen LogP contribution in [0.1, 0.15) is 47.0 Å². The zero-order chi connectivity index (χ0) is 11.4.